The van der Waals surface area contributed by atoms with E-state index in [1.807, 2.05) is 18.2 Å². The topological polar surface area (TPSA) is 85.0 Å². The molecule has 1 aliphatic rings. The van der Waals surface area contributed by atoms with E-state index in [-0.39, 0.29) is 36.2 Å². The smallest absolute Gasteiger partial charge is 0.202 e. The van der Waals surface area contributed by atoms with Crippen molar-refractivity contribution in [1.82, 2.24) is 9.55 Å². The van der Waals surface area contributed by atoms with Gasteiger partial charge in [-0.15, -0.1) is 0 Å². The molecule has 0 fully saturated rings. The van der Waals surface area contributed by atoms with Crippen LogP contribution in [0.15, 0.2) is 30.5 Å². The molecule has 1 aromatic carbocycles. The maximum absolute atomic E-state index is 13.3. The van der Waals surface area contributed by atoms with E-state index in [9.17, 15) is 14.9 Å². The molecule has 0 radical (unpaired) electrons. The van der Waals surface area contributed by atoms with Gasteiger partial charge in [-0.3, -0.25) is 9.59 Å². The van der Waals surface area contributed by atoms with Crippen LogP contribution in [0.5, 0.6) is 0 Å². The van der Waals surface area contributed by atoms with Crippen LogP contribution in [0.2, 0.25) is 25.7 Å². The van der Waals surface area contributed by atoms with Gasteiger partial charge in [-0.05, 0) is 61.4 Å². The van der Waals surface area contributed by atoms with Gasteiger partial charge in [0.05, 0.1) is 0 Å². The zero-order valence-corrected chi connectivity index (χ0v) is 21.1. The van der Waals surface area contributed by atoms with Crippen LogP contribution in [0.4, 0.5) is 0 Å². The molecule has 0 N–H and O–H groups in total. The molecule has 0 atom stereocenters. The number of carbonyl (C=O) groups is 2. The molecule has 0 aliphatic heterocycles. The normalized spacial score (nSPS) is 14.0. The summed E-state index contributed by atoms with van der Waals surface area (Å²) in [7, 11) is -1.22. The first kappa shape index (κ1) is 24.8. The largest absolute Gasteiger partial charge is 0.361 e. The minimum absolute atomic E-state index is 0.00945. The van der Waals surface area contributed by atoms with E-state index in [0.29, 0.717) is 12.2 Å². The average molecular weight is 464 g/mol. The molecule has 0 saturated heterocycles. The first-order valence-corrected chi connectivity index (χ1v) is 15.3. The Morgan fingerprint density at radius 3 is 2.67 bits per heavy atom. The Kier molecular flexibility index (Phi) is 8.17. The number of ketones is 2. The molecular weight excluding hydrogens is 430 g/mol. The number of ether oxygens (including phenoxy) is 1. The fraction of sp³-hybridized carbons (Fsp3) is 0.462. The molecule has 33 heavy (non-hydrogen) atoms. The lowest BCUT2D eigenvalue weighted by atomic mass is 9.87. The summed E-state index contributed by atoms with van der Waals surface area (Å²) in [6, 6.07) is 8.62. The quantitative estimate of drug-likeness (QED) is 0.258. The summed E-state index contributed by atoms with van der Waals surface area (Å²) in [6.45, 7) is 9.23. The molecule has 174 valence electrons. The van der Waals surface area contributed by atoms with Crippen molar-refractivity contribution in [3.8, 4) is 6.07 Å². The Bertz CT molecular complexity index is 1100. The van der Waals surface area contributed by atoms with E-state index in [2.05, 4.69) is 30.7 Å². The fourth-order valence-corrected chi connectivity index (χ4v) is 4.67. The molecule has 0 spiro atoms. The molecule has 1 heterocycles. The van der Waals surface area contributed by atoms with Crippen molar-refractivity contribution in [2.24, 2.45) is 0 Å². The highest BCUT2D eigenvalue weighted by Crippen LogP contribution is 2.30. The van der Waals surface area contributed by atoms with Gasteiger partial charge in [0, 0.05) is 32.9 Å². The highest BCUT2D eigenvalue weighted by Gasteiger charge is 2.20. The lowest BCUT2D eigenvalue weighted by Crippen LogP contribution is -2.22. The number of aromatic nitrogens is 2. The molecule has 1 aromatic heterocycles. The van der Waals surface area contributed by atoms with Crippen molar-refractivity contribution >= 4 is 25.2 Å². The predicted octanol–water partition coefficient (Wildman–Crippen LogP) is 5.65. The van der Waals surface area contributed by atoms with Gasteiger partial charge in [0.25, 0.3) is 0 Å². The highest BCUT2D eigenvalue weighted by molar-refractivity contribution is 6.76. The highest BCUT2D eigenvalue weighted by atomic mass is 28.3. The fourth-order valence-electron chi connectivity index (χ4n) is 3.92. The van der Waals surface area contributed by atoms with Gasteiger partial charge in [0.1, 0.15) is 12.8 Å². The van der Waals surface area contributed by atoms with Gasteiger partial charge < -0.3 is 9.30 Å². The summed E-state index contributed by atoms with van der Waals surface area (Å²) < 4.78 is 7.44. The molecule has 6 nitrogen and oxygen atoms in total. The molecule has 0 amide bonds. The van der Waals surface area contributed by atoms with Gasteiger partial charge in [-0.2, -0.15) is 5.26 Å². The standard InChI is InChI=1S/C26H33N3O3Si/c1-19(30)21-10-11-22(24(14-21)20-8-6-5-7-9-20)15-25(31)26-28-23(16-27)17-29(26)18-32-12-13-33(2,3)4/h8,10-11,14,17H,5-7,9,12-13,15,18H2,1-4H3. The molecule has 1 aliphatic carbocycles. The van der Waals surface area contributed by atoms with Crippen molar-refractivity contribution in [3.05, 3.63) is 58.7 Å². The predicted molar refractivity (Wildman–Crippen MR) is 132 cm³/mol. The maximum atomic E-state index is 13.3. The Morgan fingerprint density at radius 2 is 2.03 bits per heavy atom. The number of imidazole rings is 1. The van der Waals surface area contributed by atoms with Crippen LogP contribution in [0, 0.1) is 11.3 Å². The number of hydrogen-bond donors (Lipinski definition) is 0. The lowest BCUT2D eigenvalue weighted by molar-refractivity contribution is 0.0799. The SMILES string of the molecule is CC(=O)c1ccc(CC(=O)c2nc(C#N)cn2COCC[Si](C)(C)C)c(C2=CCCCC2)c1. The molecule has 0 unspecified atom stereocenters. The summed E-state index contributed by atoms with van der Waals surface area (Å²) >= 11 is 0. The van der Waals surface area contributed by atoms with Crippen LogP contribution >= 0.6 is 0 Å². The van der Waals surface area contributed by atoms with Crippen molar-refractivity contribution in [2.45, 2.75) is 71.4 Å². The third-order valence-electron chi connectivity index (χ3n) is 5.87. The van der Waals surface area contributed by atoms with E-state index in [1.54, 1.807) is 23.8 Å². The minimum Gasteiger partial charge on any atom is -0.361 e. The Hall–Kier alpha value is -2.82. The second-order valence-electron chi connectivity index (χ2n) is 9.88. The van der Waals surface area contributed by atoms with Crippen LogP contribution in [0.3, 0.4) is 0 Å². The number of carbonyl (C=O) groups excluding carboxylic acids is 2. The Morgan fingerprint density at radius 1 is 1.24 bits per heavy atom. The molecule has 0 saturated carbocycles. The maximum Gasteiger partial charge on any atom is 0.202 e. The van der Waals surface area contributed by atoms with Crippen LogP contribution in [-0.2, 0) is 17.9 Å². The van der Waals surface area contributed by atoms with Gasteiger partial charge in [-0.25, -0.2) is 4.98 Å². The molecule has 2 aromatic rings. The van der Waals surface area contributed by atoms with Crippen molar-refractivity contribution in [2.75, 3.05) is 6.61 Å². The third kappa shape index (κ3) is 6.83. The number of allylic oxidation sites excluding steroid dienone is 2. The lowest BCUT2D eigenvalue weighted by Gasteiger charge is -2.18. The Balaban J connectivity index is 1.83. The summed E-state index contributed by atoms with van der Waals surface area (Å²) in [5, 5.41) is 9.31. The molecule has 3 rings (SSSR count). The van der Waals surface area contributed by atoms with Crippen LogP contribution in [-0.4, -0.2) is 35.8 Å². The second kappa shape index (κ2) is 10.9. The van der Waals surface area contributed by atoms with Crippen molar-refractivity contribution in [1.29, 1.82) is 5.26 Å². The van der Waals surface area contributed by atoms with Crippen LogP contribution in [0.25, 0.3) is 5.57 Å². The summed E-state index contributed by atoms with van der Waals surface area (Å²) in [5.74, 6) is 0.0764. The summed E-state index contributed by atoms with van der Waals surface area (Å²) in [4.78, 5) is 29.5. The van der Waals surface area contributed by atoms with Gasteiger partial charge in [0.2, 0.25) is 5.78 Å². The van der Waals surface area contributed by atoms with E-state index < -0.39 is 8.07 Å². The number of rotatable bonds is 10. The van der Waals surface area contributed by atoms with E-state index in [1.165, 1.54) is 5.57 Å². The minimum atomic E-state index is -1.22. The summed E-state index contributed by atoms with van der Waals surface area (Å²) in [6.07, 6.45) is 8.17. The number of Topliss-reactive ketones (excluding diaryl/α,β-unsaturated/α-hetero) is 2. The first-order valence-electron chi connectivity index (χ1n) is 11.6. The molecular formula is C26H33N3O3Si. The summed E-state index contributed by atoms with van der Waals surface area (Å²) in [5.41, 5.74) is 3.90. The zero-order chi connectivity index (χ0) is 24.0. The first-order chi connectivity index (χ1) is 15.7. The number of nitrogens with zero attached hydrogens (tertiary/aromatic N) is 3. The number of benzene rings is 1. The van der Waals surface area contributed by atoms with E-state index in [0.717, 1.165) is 42.9 Å². The van der Waals surface area contributed by atoms with Crippen molar-refractivity contribution in [3.63, 3.8) is 0 Å². The van der Waals surface area contributed by atoms with Crippen molar-refractivity contribution < 1.29 is 14.3 Å². The average Bonchev–Trinajstić information content (AvgIpc) is 3.20. The van der Waals surface area contributed by atoms with E-state index >= 15 is 0 Å². The number of hydrogen-bond acceptors (Lipinski definition) is 5. The molecule has 7 heteroatoms. The molecule has 0 bridgehead atoms. The van der Waals surface area contributed by atoms with Gasteiger partial charge in [0.15, 0.2) is 17.3 Å². The van der Waals surface area contributed by atoms with Crippen LogP contribution in [0.1, 0.15) is 70.4 Å². The second-order valence-corrected chi connectivity index (χ2v) is 15.5. The van der Waals surface area contributed by atoms with Gasteiger partial charge in [-0.1, -0.05) is 37.8 Å². The Labute approximate surface area is 197 Å². The monoisotopic (exact) mass is 463 g/mol. The van der Waals surface area contributed by atoms with E-state index in [4.69, 9.17) is 4.74 Å². The van der Waals surface area contributed by atoms with Crippen LogP contribution < -0.4 is 0 Å². The van der Waals surface area contributed by atoms with Gasteiger partial charge >= 0.3 is 0 Å². The number of nitriles is 1. The zero-order valence-electron chi connectivity index (χ0n) is 20.1. The third-order valence-corrected chi connectivity index (χ3v) is 7.58.